The molecule has 9 heavy (non-hydrogen) atoms. The largest absolute Gasteiger partial charge is 0.388 e. The molecule has 1 fully saturated rings. The van der Waals surface area contributed by atoms with Gasteiger partial charge in [-0.3, -0.25) is 5.32 Å². The first kappa shape index (κ1) is 6.95. The van der Waals surface area contributed by atoms with Crippen LogP contribution in [0, 0.1) is 0 Å². The molecule has 3 unspecified atom stereocenters. The van der Waals surface area contributed by atoms with Crippen molar-refractivity contribution in [2.75, 3.05) is 6.54 Å². The molecule has 0 saturated carbocycles. The third-order valence-electron chi connectivity index (χ3n) is 1.66. The Labute approximate surface area is 54.2 Å². The van der Waals surface area contributed by atoms with E-state index in [-0.39, 0.29) is 12.2 Å². The zero-order valence-electron chi connectivity index (χ0n) is 5.25. The minimum absolute atomic E-state index is 0.152. The average molecular weight is 131 g/mol. The molecule has 1 aliphatic heterocycles. The van der Waals surface area contributed by atoms with Crippen LogP contribution >= 0.6 is 0 Å². The topological polar surface area (TPSA) is 84.3 Å². The van der Waals surface area contributed by atoms with Crippen LogP contribution in [0.5, 0.6) is 0 Å². The fourth-order valence-electron chi connectivity index (χ4n) is 0.974. The zero-order valence-corrected chi connectivity index (χ0v) is 5.25. The van der Waals surface area contributed by atoms with E-state index in [9.17, 15) is 0 Å². The number of aliphatic hydroxyl groups is 1. The van der Waals surface area contributed by atoms with Gasteiger partial charge in [-0.25, -0.2) is 0 Å². The highest BCUT2D eigenvalue weighted by molar-refractivity contribution is 4.85. The number of hydrogen-bond donors (Lipinski definition) is 4. The molecular formula is C5H13N3O. The zero-order chi connectivity index (χ0) is 6.85. The summed E-state index contributed by atoms with van der Waals surface area (Å²) in [4.78, 5) is 0. The van der Waals surface area contributed by atoms with Gasteiger partial charge in [0.25, 0.3) is 0 Å². The molecule has 0 aromatic heterocycles. The van der Waals surface area contributed by atoms with Gasteiger partial charge in [-0.2, -0.15) is 0 Å². The first-order valence-electron chi connectivity index (χ1n) is 3.14. The second-order valence-corrected chi connectivity index (χ2v) is 2.42. The molecule has 0 radical (unpaired) electrons. The normalized spacial score (nSPS) is 45.0. The summed E-state index contributed by atoms with van der Waals surface area (Å²) in [6.07, 6.45) is -0.123. The Kier molecular flexibility index (Phi) is 2.02. The van der Waals surface area contributed by atoms with Crippen LogP contribution in [0.2, 0.25) is 0 Å². The van der Waals surface area contributed by atoms with Crippen LogP contribution in [0.1, 0.15) is 6.42 Å². The third kappa shape index (κ3) is 1.40. The van der Waals surface area contributed by atoms with Gasteiger partial charge < -0.3 is 16.6 Å². The number of nitrogens with one attached hydrogen (secondary N) is 1. The van der Waals surface area contributed by atoms with Gasteiger partial charge in [0.05, 0.1) is 12.3 Å². The predicted octanol–water partition coefficient (Wildman–Crippen LogP) is -2.05. The Hall–Kier alpha value is -0.160. The van der Waals surface area contributed by atoms with Crippen LogP contribution in [-0.2, 0) is 0 Å². The van der Waals surface area contributed by atoms with Crippen molar-refractivity contribution >= 4 is 0 Å². The molecule has 3 atom stereocenters. The van der Waals surface area contributed by atoms with Crippen LogP contribution in [0.25, 0.3) is 0 Å². The van der Waals surface area contributed by atoms with E-state index >= 15 is 0 Å². The lowest BCUT2D eigenvalue weighted by molar-refractivity contribution is 0.0795. The minimum atomic E-state index is -0.584. The molecule has 6 N–H and O–H groups in total. The van der Waals surface area contributed by atoms with E-state index in [1.165, 1.54) is 0 Å². The lowest BCUT2D eigenvalue weighted by Gasteiger charge is -2.30. The quantitative estimate of drug-likeness (QED) is 0.305. The van der Waals surface area contributed by atoms with Crippen molar-refractivity contribution in [3.8, 4) is 0 Å². The molecular weight excluding hydrogens is 118 g/mol. The maximum atomic E-state index is 9.13. The lowest BCUT2D eigenvalue weighted by atomic mass is 10.0. The summed E-state index contributed by atoms with van der Waals surface area (Å²) in [6.45, 7) is 0.805. The van der Waals surface area contributed by atoms with Crippen molar-refractivity contribution < 1.29 is 5.11 Å². The molecule has 1 aliphatic rings. The van der Waals surface area contributed by atoms with Crippen molar-refractivity contribution in [2.45, 2.75) is 24.7 Å². The minimum Gasteiger partial charge on any atom is -0.388 e. The summed E-state index contributed by atoms with van der Waals surface area (Å²) < 4.78 is 0. The maximum Gasteiger partial charge on any atom is 0.0973 e. The van der Waals surface area contributed by atoms with Gasteiger partial charge in [0.1, 0.15) is 0 Å². The number of rotatable bonds is 0. The highest BCUT2D eigenvalue weighted by atomic mass is 16.3. The molecule has 0 amide bonds. The number of aliphatic hydroxyl groups excluding tert-OH is 1. The van der Waals surface area contributed by atoms with Gasteiger partial charge >= 0.3 is 0 Å². The van der Waals surface area contributed by atoms with Crippen LogP contribution in [0.15, 0.2) is 0 Å². The number of nitrogens with two attached hydrogens (primary N) is 2. The molecule has 0 bridgehead atoms. The highest BCUT2D eigenvalue weighted by Crippen LogP contribution is 2.02. The van der Waals surface area contributed by atoms with Crippen molar-refractivity contribution in [2.24, 2.45) is 11.5 Å². The average Bonchev–Trinajstić information content (AvgIpc) is 1.83. The predicted molar refractivity (Wildman–Crippen MR) is 34.6 cm³/mol. The van der Waals surface area contributed by atoms with Gasteiger partial charge in [0, 0.05) is 6.04 Å². The Morgan fingerprint density at radius 1 is 1.44 bits per heavy atom. The molecule has 0 aliphatic carbocycles. The van der Waals surface area contributed by atoms with E-state index in [0.29, 0.717) is 0 Å². The third-order valence-corrected chi connectivity index (χ3v) is 1.66. The molecule has 4 heteroatoms. The van der Waals surface area contributed by atoms with E-state index in [0.717, 1.165) is 13.0 Å². The summed E-state index contributed by atoms with van der Waals surface area (Å²) in [6, 6.07) is -0.152. The van der Waals surface area contributed by atoms with E-state index < -0.39 is 6.10 Å². The van der Waals surface area contributed by atoms with Crippen molar-refractivity contribution in [3.05, 3.63) is 0 Å². The molecule has 0 aromatic carbocycles. The van der Waals surface area contributed by atoms with Gasteiger partial charge in [-0.15, -0.1) is 0 Å². The molecule has 1 rings (SSSR count). The van der Waals surface area contributed by atoms with Crippen molar-refractivity contribution in [1.29, 1.82) is 0 Å². The summed E-state index contributed by atoms with van der Waals surface area (Å²) in [5.41, 5.74) is 10.9. The van der Waals surface area contributed by atoms with E-state index in [4.69, 9.17) is 16.6 Å². The second-order valence-electron chi connectivity index (χ2n) is 2.42. The van der Waals surface area contributed by atoms with Crippen molar-refractivity contribution in [1.82, 2.24) is 5.32 Å². The number of piperidine rings is 1. The number of hydrogen-bond acceptors (Lipinski definition) is 4. The lowest BCUT2D eigenvalue weighted by Crippen LogP contribution is -2.59. The summed E-state index contributed by atoms with van der Waals surface area (Å²) in [7, 11) is 0. The first-order valence-corrected chi connectivity index (χ1v) is 3.14. The molecule has 1 heterocycles. The Morgan fingerprint density at radius 2 is 2.11 bits per heavy atom. The smallest absolute Gasteiger partial charge is 0.0973 e. The van der Waals surface area contributed by atoms with Gasteiger partial charge in [-0.05, 0) is 13.0 Å². The Morgan fingerprint density at radius 3 is 2.56 bits per heavy atom. The van der Waals surface area contributed by atoms with Gasteiger partial charge in [0.15, 0.2) is 0 Å². The Balaban J connectivity index is 2.41. The van der Waals surface area contributed by atoms with Gasteiger partial charge in [-0.1, -0.05) is 0 Å². The van der Waals surface area contributed by atoms with E-state index in [1.807, 2.05) is 0 Å². The Bertz CT molecular complexity index is 88.2. The van der Waals surface area contributed by atoms with Gasteiger partial charge in [0.2, 0.25) is 0 Å². The van der Waals surface area contributed by atoms with Crippen LogP contribution < -0.4 is 16.8 Å². The maximum absolute atomic E-state index is 9.13. The fraction of sp³-hybridized carbons (Fsp3) is 1.00. The molecule has 1 saturated heterocycles. The molecule has 54 valence electrons. The second kappa shape index (κ2) is 2.62. The fourth-order valence-corrected chi connectivity index (χ4v) is 0.974. The van der Waals surface area contributed by atoms with Crippen LogP contribution in [-0.4, -0.2) is 30.0 Å². The molecule has 4 nitrogen and oxygen atoms in total. The highest BCUT2D eigenvalue weighted by Gasteiger charge is 2.25. The van der Waals surface area contributed by atoms with Crippen LogP contribution in [0.4, 0.5) is 0 Å². The SMILES string of the molecule is NC1CCNC(N)C1O. The summed E-state index contributed by atoms with van der Waals surface area (Å²) >= 11 is 0. The van der Waals surface area contributed by atoms with Crippen LogP contribution in [0.3, 0.4) is 0 Å². The van der Waals surface area contributed by atoms with E-state index in [2.05, 4.69) is 5.32 Å². The summed E-state index contributed by atoms with van der Waals surface area (Å²) in [5, 5.41) is 12.0. The van der Waals surface area contributed by atoms with Crippen molar-refractivity contribution in [3.63, 3.8) is 0 Å². The standard InChI is InChI=1S/C5H13N3O/c6-3-1-2-8-5(7)4(3)9/h3-5,8-9H,1-2,6-7H2. The monoisotopic (exact) mass is 131 g/mol. The summed E-state index contributed by atoms with van der Waals surface area (Å²) in [5.74, 6) is 0. The molecule has 0 aromatic rings. The molecule has 0 spiro atoms. The first-order chi connectivity index (χ1) is 4.22. The van der Waals surface area contributed by atoms with E-state index in [1.54, 1.807) is 0 Å².